The molecule has 2 heterocycles. The normalized spacial score (nSPS) is 30.6. The summed E-state index contributed by atoms with van der Waals surface area (Å²) in [5.74, 6) is 2.58. The SMILES string of the molecule is CC1CC1Nc1cc(N2CCCC2CO)ncn1. The van der Waals surface area contributed by atoms with Gasteiger partial charge in [-0.3, -0.25) is 0 Å². The van der Waals surface area contributed by atoms with Crippen LogP contribution in [0.4, 0.5) is 11.6 Å². The van der Waals surface area contributed by atoms with Gasteiger partial charge in [-0.15, -0.1) is 0 Å². The molecule has 2 aliphatic rings. The van der Waals surface area contributed by atoms with E-state index in [-0.39, 0.29) is 12.6 Å². The summed E-state index contributed by atoms with van der Waals surface area (Å²) in [4.78, 5) is 10.8. The van der Waals surface area contributed by atoms with E-state index in [0.29, 0.717) is 6.04 Å². The summed E-state index contributed by atoms with van der Waals surface area (Å²) < 4.78 is 0. The van der Waals surface area contributed by atoms with E-state index in [2.05, 4.69) is 27.1 Å². The first kappa shape index (κ1) is 11.7. The van der Waals surface area contributed by atoms with Crippen molar-refractivity contribution in [3.63, 3.8) is 0 Å². The molecule has 5 heteroatoms. The van der Waals surface area contributed by atoms with E-state index in [9.17, 15) is 5.11 Å². The lowest BCUT2D eigenvalue weighted by Crippen LogP contribution is -2.32. The van der Waals surface area contributed by atoms with Crippen molar-refractivity contribution in [1.29, 1.82) is 0 Å². The van der Waals surface area contributed by atoms with E-state index in [4.69, 9.17) is 0 Å². The first-order valence-corrected chi connectivity index (χ1v) is 6.74. The molecule has 1 aromatic rings. The van der Waals surface area contributed by atoms with E-state index in [1.54, 1.807) is 6.33 Å². The second kappa shape index (κ2) is 4.72. The molecule has 2 N–H and O–H groups in total. The average Bonchev–Trinajstić information content (AvgIpc) is 2.92. The monoisotopic (exact) mass is 248 g/mol. The Bertz CT molecular complexity index is 425. The predicted molar refractivity (Wildman–Crippen MR) is 70.7 cm³/mol. The van der Waals surface area contributed by atoms with Crippen molar-refractivity contribution < 1.29 is 5.11 Å². The van der Waals surface area contributed by atoms with Crippen molar-refractivity contribution in [3.8, 4) is 0 Å². The third-order valence-electron chi connectivity index (χ3n) is 3.98. The predicted octanol–water partition coefficient (Wildman–Crippen LogP) is 1.26. The lowest BCUT2D eigenvalue weighted by molar-refractivity contribution is 0.266. The van der Waals surface area contributed by atoms with Crippen LogP contribution in [0.15, 0.2) is 12.4 Å². The molecule has 1 saturated heterocycles. The molecule has 1 aromatic heterocycles. The highest BCUT2D eigenvalue weighted by Crippen LogP contribution is 2.33. The number of nitrogens with one attached hydrogen (secondary N) is 1. The van der Waals surface area contributed by atoms with Gasteiger partial charge in [0.05, 0.1) is 12.6 Å². The van der Waals surface area contributed by atoms with Crippen molar-refractivity contribution in [3.05, 3.63) is 12.4 Å². The Hall–Kier alpha value is -1.36. The summed E-state index contributed by atoms with van der Waals surface area (Å²) in [7, 11) is 0. The van der Waals surface area contributed by atoms with Gasteiger partial charge in [0, 0.05) is 18.7 Å². The standard InChI is InChI=1S/C13H20N4O/c1-9-5-11(9)16-12-6-13(15-8-14-12)17-4-2-3-10(17)7-18/h6,8-11,18H,2-5,7H2,1H3,(H,14,15,16). The van der Waals surface area contributed by atoms with Gasteiger partial charge in [-0.1, -0.05) is 6.92 Å². The number of aliphatic hydroxyl groups excluding tert-OH is 1. The Morgan fingerprint density at radius 3 is 3.06 bits per heavy atom. The molecule has 0 amide bonds. The van der Waals surface area contributed by atoms with Gasteiger partial charge >= 0.3 is 0 Å². The fourth-order valence-corrected chi connectivity index (χ4v) is 2.62. The number of rotatable bonds is 4. The fraction of sp³-hybridized carbons (Fsp3) is 0.692. The van der Waals surface area contributed by atoms with Crippen molar-refractivity contribution in [2.75, 3.05) is 23.4 Å². The van der Waals surface area contributed by atoms with Gasteiger partial charge in [0.25, 0.3) is 0 Å². The molecule has 3 unspecified atom stereocenters. The fourth-order valence-electron chi connectivity index (χ4n) is 2.62. The van der Waals surface area contributed by atoms with Crippen LogP contribution in [0, 0.1) is 5.92 Å². The molecular formula is C13H20N4O. The third-order valence-corrected chi connectivity index (χ3v) is 3.98. The van der Waals surface area contributed by atoms with Crippen LogP contribution < -0.4 is 10.2 Å². The molecule has 0 aromatic carbocycles. The zero-order valence-electron chi connectivity index (χ0n) is 10.7. The molecule has 98 valence electrons. The first-order chi connectivity index (χ1) is 8.78. The first-order valence-electron chi connectivity index (χ1n) is 6.74. The zero-order chi connectivity index (χ0) is 12.5. The van der Waals surface area contributed by atoms with Crippen LogP contribution in [0.1, 0.15) is 26.2 Å². The van der Waals surface area contributed by atoms with Gasteiger partial charge in [-0.25, -0.2) is 9.97 Å². The van der Waals surface area contributed by atoms with Crippen molar-refractivity contribution in [2.45, 2.75) is 38.3 Å². The Kier molecular flexibility index (Phi) is 3.07. The van der Waals surface area contributed by atoms with Crippen LogP contribution in [0.25, 0.3) is 0 Å². The Labute approximate surface area is 107 Å². The lowest BCUT2D eigenvalue weighted by atomic mass is 10.2. The minimum atomic E-state index is 0.201. The Morgan fingerprint density at radius 2 is 2.33 bits per heavy atom. The number of hydrogen-bond donors (Lipinski definition) is 2. The smallest absolute Gasteiger partial charge is 0.134 e. The molecule has 1 saturated carbocycles. The average molecular weight is 248 g/mol. The number of nitrogens with zero attached hydrogens (tertiary/aromatic N) is 3. The third kappa shape index (κ3) is 2.27. The maximum absolute atomic E-state index is 9.36. The van der Waals surface area contributed by atoms with Crippen LogP contribution >= 0.6 is 0 Å². The van der Waals surface area contributed by atoms with Gasteiger partial charge in [0.1, 0.15) is 18.0 Å². The van der Waals surface area contributed by atoms with Gasteiger partial charge in [0.15, 0.2) is 0 Å². The van der Waals surface area contributed by atoms with E-state index >= 15 is 0 Å². The molecule has 0 radical (unpaired) electrons. The lowest BCUT2D eigenvalue weighted by Gasteiger charge is -2.24. The van der Waals surface area contributed by atoms with Gasteiger partial charge in [0.2, 0.25) is 0 Å². The topological polar surface area (TPSA) is 61.3 Å². The summed E-state index contributed by atoms with van der Waals surface area (Å²) in [6.45, 7) is 3.41. The molecular weight excluding hydrogens is 228 g/mol. The van der Waals surface area contributed by atoms with Gasteiger partial charge < -0.3 is 15.3 Å². The maximum atomic E-state index is 9.36. The summed E-state index contributed by atoms with van der Waals surface area (Å²) in [6, 6.07) is 2.78. The summed E-state index contributed by atoms with van der Waals surface area (Å²) >= 11 is 0. The largest absolute Gasteiger partial charge is 0.394 e. The molecule has 1 aliphatic carbocycles. The molecule has 0 bridgehead atoms. The van der Waals surface area contributed by atoms with Crippen LogP contribution in [0.2, 0.25) is 0 Å². The molecule has 1 aliphatic heterocycles. The quantitative estimate of drug-likeness (QED) is 0.840. The van der Waals surface area contributed by atoms with Crippen LogP contribution in [0.3, 0.4) is 0 Å². The molecule has 0 spiro atoms. The van der Waals surface area contributed by atoms with E-state index < -0.39 is 0 Å². The molecule has 5 nitrogen and oxygen atoms in total. The zero-order valence-corrected chi connectivity index (χ0v) is 10.7. The van der Waals surface area contributed by atoms with Crippen molar-refractivity contribution >= 4 is 11.6 Å². The van der Waals surface area contributed by atoms with Gasteiger partial charge in [-0.2, -0.15) is 0 Å². The Morgan fingerprint density at radius 1 is 1.50 bits per heavy atom. The summed E-state index contributed by atoms with van der Waals surface area (Å²) in [5.41, 5.74) is 0. The highest BCUT2D eigenvalue weighted by molar-refractivity contribution is 5.50. The van der Waals surface area contributed by atoms with Crippen LogP contribution in [0.5, 0.6) is 0 Å². The van der Waals surface area contributed by atoms with Gasteiger partial charge in [-0.05, 0) is 25.2 Å². The molecule has 3 atom stereocenters. The Balaban J connectivity index is 1.73. The molecule has 3 rings (SSSR count). The minimum Gasteiger partial charge on any atom is -0.394 e. The highest BCUT2D eigenvalue weighted by Gasteiger charge is 2.33. The van der Waals surface area contributed by atoms with Crippen molar-refractivity contribution in [2.24, 2.45) is 5.92 Å². The van der Waals surface area contributed by atoms with Crippen LogP contribution in [-0.2, 0) is 0 Å². The van der Waals surface area contributed by atoms with Crippen molar-refractivity contribution in [1.82, 2.24) is 9.97 Å². The molecule has 18 heavy (non-hydrogen) atoms. The number of aromatic nitrogens is 2. The summed E-state index contributed by atoms with van der Waals surface area (Å²) in [5, 5.41) is 12.8. The van der Waals surface area contributed by atoms with E-state index in [0.717, 1.165) is 36.9 Å². The second-order valence-electron chi connectivity index (χ2n) is 5.40. The number of aliphatic hydroxyl groups is 1. The molecule has 2 fully saturated rings. The maximum Gasteiger partial charge on any atom is 0.134 e. The number of hydrogen-bond acceptors (Lipinski definition) is 5. The van der Waals surface area contributed by atoms with Crippen LogP contribution in [-0.4, -0.2) is 40.3 Å². The van der Waals surface area contributed by atoms with E-state index in [1.165, 1.54) is 6.42 Å². The highest BCUT2D eigenvalue weighted by atomic mass is 16.3. The van der Waals surface area contributed by atoms with E-state index in [1.807, 2.05) is 6.07 Å². The second-order valence-corrected chi connectivity index (χ2v) is 5.40. The summed E-state index contributed by atoms with van der Waals surface area (Å²) in [6.07, 6.45) is 5.00. The minimum absolute atomic E-state index is 0.201. The number of anilines is 2.